The van der Waals surface area contributed by atoms with Gasteiger partial charge in [0.05, 0.1) is 0 Å². The van der Waals surface area contributed by atoms with Crippen LogP contribution in [0, 0.1) is 5.82 Å². The molecule has 4 heterocycles. The summed E-state index contributed by atoms with van der Waals surface area (Å²) < 4.78 is 25.3. The maximum absolute atomic E-state index is 14.6. The Kier molecular flexibility index (Phi) is 8.19. The van der Waals surface area contributed by atoms with Gasteiger partial charge in [0.2, 0.25) is 0 Å². The molecule has 0 radical (unpaired) electrons. The predicted octanol–water partition coefficient (Wildman–Crippen LogP) is 5.52. The lowest BCUT2D eigenvalue weighted by Gasteiger charge is -2.39. The molecular formula is C30H36BrFN8O. The van der Waals surface area contributed by atoms with E-state index in [2.05, 4.69) is 64.4 Å². The summed E-state index contributed by atoms with van der Waals surface area (Å²) in [5.41, 5.74) is 10.7. The highest BCUT2D eigenvalue weighted by atomic mass is 79.9. The second kappa shape index (κ2) is 11.7. The first-order chi connectivity index (χ1) is 19.5. The predicted molar refractivity (Wildman–Crippen MR) is 164 cm³/mol. The van der Waals surface area contributed by atoms with Crippen molar-refractivity contribution in [2.75, 3.05) is 37.3 Å². The van der Waals surface area contributed by atoms with E-state index in [0.29, 0.717) is 23.0 Å². The molecule has 1 aliphatic rings. The number of aromatic nitrogens is 5. The van der Waals surface area contributed by atoms with E-state index in [1.165, 1.54) is 12.1 Å². The van der Waals surface area contributed by atoms with Gasteiger partial charge in [0.15, 0.2) is 17.4 Å². The smallest absolute Gasteiger partial charge is 0.166 e. The minimum Gasteiger partial charge on any atom is -0.482 e. The molecule has 9 nitrogen and oxygen atoms in total. The zero-order valence-electron chi connectivity index (χ0n) is 24.1. The van der Waals surface area contributed by atoms with Crippen LogP contribution >= 0.6 is 15.9 Å². The molecule has 1 aromatic carbocycles. The van der Waals surface area contributed by atoms with Crippen LogP contribution < -0.4 is 15.4 Å². The zero-order chi connectivity index (χ0) is 29.4. The fourth-order valence-corrected chi connectivity index (χ4v) is 5.68. The molecule has 0 saturated carbocycles. The maximum Gasteiger partial charge on any atom is 0.166 e. The molecular weight excluding hydrogens is 587 g/mol. The number of nitrogens with two attached hydrogens (primary N) is 1. The number of aryl methyl sites for hydroxylation is 2. The first kappa shape index (κ1) is 28.8. The van der Waals surface area contributed by atoms with E-state index in [9.17, 15) is 4.39 Å². The summed E-state index contributed by atoms with van der Waals surface area (Å²) in [6.45, 7) is 14.2. The molecule has 2 N–H and O–H groups in total. The lowest BCUT2D eigenvalue weighted by atomic mass is 9.94. The van der Waals surface area contributed by atoms with E-state index in [1.807, 2.05) is 24.9 Å². The minimum absolute atomic E-state index is 0.253. The summed E-state index contributed by atoms with van der Waals surface area (Å²) in [6, 6.07) is 6.71. The van der Waals surface area contributed by atoms with Crippen LogP contribution in [0.15, 0.2) is 53.9 Å². The number of pyridine rings is 1. The van der Waals surface area contributed by atoms with Gasteiger partial charge in [0.1, 0.15) is 17.6 Å². The van der Waals surface area contributed by atoms with E-state index in [1.54, 1.807) is 23.0 Å². The Morgan fingerprint density at radius 3 is 2.71 bits per heavy atom. The van der Waals surface area contributed by atoms with E-state index in [0.717, 1.165) is 58.7 Å². The lowest BCUT2D eigenvalue weighted by Crippen LogP contribution is -2.51. The molecule has 1 fully saturated rings. The summed E-state index contributed by atoms with van der Waals surface area (Å²) in [5.74, 6) is 1.21. The van der Waals surface area contributed by atoms with E-state index in [-0.39, 0.29) is 11.6 Å². The van der Waals surface area contributed by atoms with Crippen LogP contribution in [0.25, 0.3) is 16.8 Å². The average Bonchev–Trinajstić information content (AvgIpc) is 3.54. The first-order valence-electron chi connectivity index (χ1n) is 13.7. The molecule has 41 heavy (non-hydrogen) atoms. The van der Waals surface area contributed by atoms with Gasteiger partial charge < -0.3 is 20.3 Å². The number of nitrogen functional groups attached to an aromatic ring is 1. The van der Waals surface area contributed by atoms with Crippen molar-refractivity contribution in [3.8, 4) is 17.0 Å². The highest BCUT2D eigenvalue weighted by molar-refractivity contribution is 9.10. The van der Waals surface area contributed by atoms with Crippen LogP contribution in [0.4, 0.5) is 16.0 Å². The molecule has 1 aliphatic heterocycles. The summed E-state index contributed by atoms with van der Waals surface area (Å²) in [5, 5.41) is 9.77. The number of benzene rings is 1. The average molecular weight is 624 g/mol. The molecule has 11 heteroatoms. The molecule has 1 saturated heterocycles. The van der Waals surface area contributed by atoms with Crippen molar-refractivity contribution in [1.29, 1.82) is 0 Å². The second-order valence-electron chi connectivity index (χ2n) is 10.6. The largest absolute Gasteiger partial charge is 0.482 e. The third-order valence-corrected chi connectivity index (χ3v) is 7.94. The van der Waals surface area contributed by atoms with E-state index >= 15 is 0 Å². The number of rotatable bonds is 8. The molecule has 0 aliphatic carbocycles. The topological polar surface area (TPSA) is 90.3 Å². The second-order valence-corrected chi connectivity index (χ2v) is 11.5. The maximum atomic E-state index is 14.6. The number of hydrogen-bond acceptors (Lipinski definition) is 7. The van der Waals surface area contributed by atoms with Gasteiger partial charge in [-0.25, -0.2) is 9.37 Å². The van der Waals surface area contributed by atoms with Crippen molar-refractivity contribution in [3.63, 3.8) is 0 Å². The van der Waals surface area contributed by atoms with Gasteiger partial charge in [0, 0.05) is 84.6 Å². The molecule has 0 spiro atoms. The Bertz CT molecular complexity index is 1580. The van der Waals surface area contributed by atoms with Crippen molar-refractivity contribution in [2.24, 2.45) is 7.05 Å². The van der Waals surface area contributed by atoms with E-state index in [4.69, 9.17) is 20.7 Å². The third kappa shape index (κ3) is 5.87. The lowest BCUT2D eigenvalue weighted by molar-refractivity contribution is 0.227. The minimum atomic E-state index is -0.549. The summed E-state index contributed by atoms with van der Waals surface area (Å²) in [7, 11) is 4.02. The number of nitrogens with zero attached hydrogens (tertiary/aromatic N) is 7. The summed E-state index contributed by atoms with van der Waals surface area (Å²) >= 11 is 3.41. The monoisotopic (exact) mass is 622 g/mol. The van der Waals surface area contributed by atoms with Gasteiger partial charge in [-0.15, -0.1) is 0 Å². The van der Waals surface area contributed by atoms with Crippen LogP contribution in [-0.2, 0) is 13.6 Å². The summed E-state index contributed by atoms with van der Waals surface area (Å²) in [4.78, 5) is 8.85. The number of hydrogen-bond donors (Lipinski definition) is 1. The van der Waals surface area contributed by atoms with Crippen LogP contribution in [0.1, 0.15) is 43.6 Å². The first-order valence-corrected chi connectivity index (χ1v) is 14.5. The van der Waals surface area contributed by atoms with E-state index < -0.39 is 6.10 Å². The molecule has 5 rings (SSSR count). The number of ether oxygens (including phenoxy) is 1. The summed E-state index contributed by atoms with van der Waals surface area (Å²) in [6.07, 6.45) is 5.06. The molecule has 0 unspecified atom stereocenters. The molecule has 3 aromatic heterocycles. The van der Waals surface area contributed by atoms with Crippen molar-refractivity contribution < 1.29 is 9.13 Å². The number of likely N-dealkylation sites (N-methyl/N-ethyl adjacent to an activating group) is 1. The number of anilines is 2. The van der Waals surface area contributed by atoms with Crippen molar-refractivity contribution in [1.82, 2.24) is 29.4 Å². The Hall–Kier alpha value is -3.70. The Labute approximate surface area is 248 Å². The third-order valence-electron chi connectivity index (χ3n) is 7.51. The highest BCUT2D eigenvalue weighted by Crippen LogP contribution is 2.39. The molecule has 4 aromatic rings. The van der Waals surface area contributed by atoms with Crippen molar-refractivity contribution >= 4 is 33.1 Å². The highest BCUT2D eigenvalue weighted by Gasteiger charge is 2.29. The molecule has 0 amide bonds. The molecule has 216 valence electrons. The van der Waals surface area contributed by atoms with Gasteiger partial charge in [-0.05, 0) is 73.6 Å². The van der Waals surface area contributed by atoms with Crippen LogP contribution in [0.2, 0.25) is 0 Å². The number of piperazine rings is 1. The molecule has 2 atom stereocenters. The Balaban J connectivity index is 1.56. The Morgan fingerprint density at radius 2 is 1.98 bits per heavy atom. The van der Waals surface area contributed by atoms with Gasteiger partial charge in [-0.2, -0.15) is 10.2 Å². The van der Waals surface area contributed by atoms with Crippen molar-refractivity contribution in [3.05, 3.63) is 76.4 Å². The zero-order valence-corrected chi connectivity index (χ0v) is 25.7. The fraction of sp³-hybridized carbons (Fsp3) is 0.367. The number of halogens is 2. The van der Waals surface area contributed by atoms with Crippen LogP contribution in [0.5, 0.6) is 5.75 Å². The Morgan fingerprint density at radius 1 is 1.20 bits per heavy atom. The van der Waals surface area contributed by atoms with Gasteiger partial charge in [-0.1, -0.05) is 6.58 Å². The SMILES string of the molecule is C=C(c1cn(C)nc1-c1ccc(F)cc1[C@@H](C)Oc1cc(Br)cnc1N)c1cn(CC)nc1N1CCN(C)C[C@H]1C. The van der Waals surface area contributed by atoms with Crippen LogP contribution in [0.3, 0.4) is 0 Å². The normalized spacial score (nSPS) is 16.7. The standard InChI is InChI=1S/C30H36BrFN8O/c1-7-39-17-26(30(36-39)40-11-10-37(5)15-18(40)2)19(3)25-16-38(6)35-28(25)23-9-8-22(32)13-24(23)20(4)41-27-12-21(31)14-34-29(27)33/h8-9,12-14,16-18,20H,3,7,10-11,15H2,1-2,4-6H3,(H2,33,34)/t18-,20-/m1/s1. The van der Waals surface area contributed by atoms with Gasteiger partial charge in [-0.3, -0.25) is 9.36 Å². The quantitative estimate of drug-likeness (QED) is 0.276. The fourth-order valence-electron chi connectivity index (χ4n) is 5.37. The van der Waals surface area contributed by atoms with Crippen LogP contribution in [-0.4, -0.2) is 62.2 Å². The van der Waals surface area contributed by atoms with Crippen molar-refractivity contribution in [2.45, 2.75) is 39.5 Å². The molecule has 0 bridgehead atoms. The van der Waals surface area contributed by atoms with Gasteiger partial charge >= 0.3 is 0 Å². The van der Waals surface area contributed by atoms with Gasteiger partial charge in [0.25, 0.3) is 0 Å².